The van der Waals surface area contributed by atoms with E-state index in [9.17, 15) is 19.5 Å². The number of rotatable bonds is 7. The normalized spacial score (nSPS) is 12.3. The minimum Gasteiger partial charge on any atom is -0.478 e. The summed E-state index contributed by atoms with van der Waals surface area (Å²) in [5.41, 5.74) is 0.623. The van der Waals surface area contributed by atoms with Crippen molar-refractivity contribution in [3.63, 3.8) is 0 Å². The topological polar surface area (TPSA) is 119 Å². The Morgan fingerprint density at radius 3 is 2.19 bits per heavy atom. The first-order valence-corrected chi connectivity index (χ1v) is 8.29. The van der Waals surface area contributed by atoms with Gasteiger partial charge in [0.15, 0.2) is 0 Å². The first-order chi connectivity index (χ1) is 12.9. The number of amides is 2. The minimum absolute atomic E-state index is 0.0378. The van der Waals surface area contributed by atoms with Gasteiger partial charge in [-0.15, -0.1) is 0 Å². The maximum atomic E-state index is 12.6. The van der Waals surface area contributed by atoms with Crippen molar-refractivity contribution in [1.82, 2.24) is 10.6 Å². The quantitative estimate of drug-likeness (QED) is 0.691. The molecule has 138 valence electrons. The highest BCUT2D eigenvalue weighted by molar-refractivity contribution is 6.06. The molecule has 27 heavy (non-hydrogen) atoms. The fraction of sp³-hybridized carbons (Fsp3) is 0.200. The third-order valence-electron chi connectivity index (χ3n) is 3.86. The molecule has 2 amide bonds. The number of aromatic carboxylic acids is 1. The Morgan fingerprint density at radius 1 is 1.00 bits per heavy atom. The number of carbonyl (C=O) groups is 3. The zero-order valence-corrected chi connectivity index (χ0v) is 14.7. The van der Waals surface area contributed by atoms with Crippen LogP contribution in [-0.4, -0.2) is 35.0 Å². The van der Waals surface area contributed by atoms with Gasteiger partial charge >= 0.3 is 5.97 Å². The molecular weight excluding hydrogens is 346 g/mol. The molecular formula is C20H19N3O4. The van der Waals surface area contributed by atoms with Gasteiger partial charge < -0.3 is 15.7 Å². The van der Waals surface area contributed by atoms with Crippen molar-refractivity contribution in [2.24, 2.45) is 0 Å². The van der Waals surface area contributed by atoms with Gasteiger partial charge in [0, 0.05) is 6.42 Å². The molecule has 0 heterocycles. The van der Waals surface area contributed by atoms with Crippen LogP contribution in [-0.2, 0) is 11.2 Å². The van der Waals surface area contributed by atoms with Crippen LogP contribution in [0.3, 0.4) is 0 Å². The van der Waals surface area contributed by atoms with Gasteiger partial charge in [0.1, 0.15) is 12.1 Å². The van der Waals surface area contributed by atoms with Crippen LogP contribution < -0.4 is 10.6 Å². The Labute approximate surface area is 156 Å². The second kappa shape index (κ2) is 9.15. The van der Waals surface area contributed by atoms with Gasteiger partial charge in [-0.1, -0.05) is 42.5 Å². The van der Waals surface area contributed by atoms with Gasteiger partial charge in [0.05, 0.1) is 17.2 Å². The number of nitriles is 1. The highest BCUT2D eigenvalue weighted by Crippen LogP contribution is 2.10. The van der Waals surface area contributed by atoms with Crippen molar-refractivity contribution in [2.45, 2.75) is 25.4 Å². The molecule has 7 nitrogen and oxygen atoms in total. The van der Waals surface area contributed by atoms with Gasteiger partial charge in [0.25, 0.3) is 5.91 Å². The molecule has 2 aromatic carbocycles. The number of hydrogen-bond donors (Lipinski definition) is 3. The number of carboxylic acid groups (broad SMARTS) is 1. The van der Waals surface area contributed by atoms with Crippen molar-refractivity contribution < 1.29 is 19.5 Å². The summed E-state index contributed by atoms with van der Waals surface area (Å²) in [6, 6.07) is 15.1. The molecule has 2 atom stereocenters. The summed E-state index contributed by atoms with van der Waals surface area (Å²) in [6.07, 6.45) is 0.200. The lowest BCUT2D eigenvalue weighted by molar-refractivity contribution is -0.123. The molecule has 2 rings (SSSR count). The molecule has 0 aliphatic rings. The van der Waals surface area contributed by atoms with Crippen LogP contribution in [0.5, 0.6) is 0 Å². The summed E-state index contributed by atoms with van der Waals surface area (Å²) in [4.78, 5) is 36.4. The highest BCUT2D eigenvalue weighted by atomic mass is 16.4. The SMILES string of the molecule is CC(C#N)NC(=O)C(Cc1ccccc1)NC(=O)c1ccccc1C(=O)O. The summed E-state index contributed by atoms with van der Waals surface area (Å²) < 4.78 is 0. The van der Waals surface area contributed by atoms with Gasteiger partial charge in [-0.05, 0) is 24.6 Å². The van der Waals surface area contributed by atoms with Crippen LogP contribution in [0.15, 0.2) is 54.6 Å². The van der Waals surface area contributed by atoms with Crippen molar-refractivity contribution >= 4 is 17.8 Å². The molecule has 0 saturated carbocycles. The third kappa shape index (κ3) is 5.41. The lowest BCUT2D eigenvalue weighted by atomic mass is 10.0. The lowest BCUT2D eigenvalue weighted by Crippen LogP contribution is -2.50. The molecule has 0 radical (unpaired) electrons. The van der Waals surface area contributed by atoms with Gasteiger partial charge in [-0.2, -0.15) is 5.26 Å². The standard InChI is InChI=1S/C20H19N3O4/c1-13(12-21)22-19(25)17(11-14-7-3-2-4-8-14)23-18(24)15-9-5-6-10-16(15)20(26)27/h2-10,13,17H,11H2,1H3,(H,22,25)(H,23,24)(H,26,27). The van der Waals surface area contributed by atoms with Crippen molar-refractivity contribution in [3.8, 4) is 6.07 Å². The third-order valence-corrected chi connectivity index (χ3v) is 3.86. The number of nitrogens with zero attached hydrogens (tertiary/aromatic N) is 1. The van der Waals surface area contributed by atoms with E-state index in [1.165, 1.54) is 25.1 Å². The maximum absolute atomic E-state index is 12.6. The van der Waals surface area contributed by atoms with Crippen LogP contribution >= 0.6 is 0 Å². The zero-order chi connectivity index (χ0) is 19.8. The molecule has 0 aliphatic heterocycles. The Balaban J connectivity index is 2.25. The van der Waals surface area contributed by atoms with E-state index in [1.54, 1.807) is 6.07 Å². The summed E-state index contributed by atoms with van der Waals surface area (Å²) in [7, 11) is 0. The van der Waals surface area contributed by atoms with Crippen molar-refractivity contribution in [1.29, 1.82) is 5.26 Å². The molecule has 0 saturated heterocycles. The lowest BCUT2D eigenvalue weighted by Gasteiger charge is -2.20. The van der Waals surface area contributed by atoms with Crippen LogP contribution in [0, 0.1) is 11.3 Å². The summed E-state index contributed by atoms with van der Waals surface area (Å²) in [5.74, 6) is -2.43. The van der Waals surface area contributed by atoms with E-state index in [0.717, 1.165) is 5.56 Å². The Bertz CT molecular complexity index is 874. The average molecular weight is 365 g/mol. The van der Waals surface area contributed by atoms with Crippen LogP contribution in [0.25, 0.3) is 0 Å². The first kappa shape index (κ1) is 19.7. The minimum atomic E-state index is -1.23. The van der Waals surface area contributed by atoms with Crippen LogP contribution in [0.4, 0.5) is 0 Å². The van der Waals surface area contributed by atoms with E-state index in [0.29, 0.717) is 0 Å². The van der Waals surface area contributed by atoms with Crippen LogP contribution in [0.1, 0.15) is 33.2 Å². The van der Waals surface area contributed by atoms with Crippen LogP contribution in [0.2, 0.25) is 0 Å². The van der Waals surface area contributed by atoms with Crippen molar-refractivity contribution in [2.75, 3.05) is 0 Å². The molecule has 0 bridgehead atoms. The molecule has 0 spiro atoms. The van der Waals surface area contributed by atoms with E-state index in [4.69, 9.17) is 5.26 Å². The van der Waals surface area contributed by atoms with Crippen molar-refractivity contribution in [3.05, 3.63) is 71.3 Å². The largest absolute Gasteiger partial charge is 0.478 e. The van der Waals surface area contributed by atoms with Gasteiger partial charge in [-0.3, -0.25) is 9.59 Å². The fourth-order valence-corrected chi connectivity index (χ4v) is 2.51. The predicted molar refractivity (Wildman–Crippen MR) is 98.0 cm³/mol. The smallest absolute Gasteiger partial charge is 0.336 e. The van der Waals surface area contributed by atoms with E-state index >= 15 is 0 Å². The second-order valence-corrected chi connectivity index (χ2v) is 5.93. The van der Waals surface area contributed by atoms with E-state index in [2.05, 4.69) is 10.6 Å². The fourth-order valence-electron chi connectivity index (χ4n) is 2.51. The maximum Gasteiger partial charge on any atom is 0.336 e. The van der Waals surface area contributed by atoms with E-state index in [-0.39, 0.29) is 17.5 Å². The average Bonchev–Trinajstić information content (AvgIpc) is 2.67. The van der Waals surface area contributed by atoms with Gasteiger partial charge in [0.2, 0.25) is 5.91 Å². The molecule has 0 aliphatic carbocycles. The number of benzene rings is 2. The van der Waals surface area contributed by atoms with Gasteiger partial charge in [-0.25, -0.2) is 4.79 Å². The molecule has 2 unspecified atom stereocenters. The predicted octanol–water partition coefficient (Wildman–Crippen LogP) is 1.75. The Kier molecular flexibility index (Phi) is 6.67. The molecule has 3 N–H and O–H groups in total. The summed E-state index contributed by atoms with van der Waals surface area (Å²) in [6.45, 7) is 1.53. The first-order valence-electron chi connectivity index (χ1n) is 8.29. The molecule has 7 heteroatoms. The summed E-state index contributed by atoms with van der Waals surface area (Å²) in [5, 5.41) is 23.2. The number of hydrogen-bond acceptors (Lipinski definition) is 4. The molecule has 0 aromatic heterocycles. The Morgan fingerprint density at radius 2 is 1.59 bits per heavy atom. The Hall–Kier alpha value is -3.66. The monoisotopic (exact) mass is 365 g/mol. The number of nitrogens with one attached hydrogen (secondary N) is 2. The molecule has 2 aromatic rings. The highest BCUT2D eigenvalue weighted by Gasteiger charge is 2.25. The van der Waals surface area contributed by atoms with E-state index < -0.39 is 29.9 Å². The number of carboxylic acids is 1. The summed E-state index contributed by atoms with van der Waals surface area (Å²) >= 11 is 0. The molecule has 0 fully saturated rings. The zero-order valence-electron chi connectivity index (χ0n) is 14.7. The van der Waals surface area contributed by atoms with E-state index in [1.807, 2.05) is 36.4 Å². The number of carbonyl (C=O) groups excluding carboxylic acids is 2. The second-order valence-electron chi connectivity index (χ2n) is 5.93.